The molecular formula is C26H30N2O2. The van der Waals surface area contributed by atoms with Crippen LogP contribution in [0.5, 0.6) is 0 Å². The van der Waals surface area contributed by atoms with Gasteiger partial charge in [-0.1, -0.05) is 32.9 Å². The Labute approximate surface area is 179 Å². The second-order valence-electron chi connectivity index (χ2n) is 8.71. The Balaban J connectivity index is 1.91. The van der Waals surface area contributed by atoms with Gasteiger partial charge in [-0.15, -0.1) is 0 Å². The van der Waals surface area contributed by atoms with E-state index < -0.39 is 0 Å². The van der Waals surface area contributed by atoms with Crippen LogP contribution in [-0.2, 0) is 10.2 Å². The van der Waals surface area contributed by atoms with Crippen LogP contribution in [0.15, 0.2) is 53.5 Å². The van der Waals surface area contributed by atoms with E-state index in [1.807, 2.05) is 25.3 Å². The van der Waals surface area contributed by atoms with Gasteiger partial charge in [-0.25, -0.2) is 4.79 Å². The highest BCUT2D eigenvalue weighted by molar-refractivity contribution is 5.90. The third-order valence-corrected chi connectivity index (χ3v) is 5.42. The molecule has 0 aliphatic heterocycles. The monoisotopic (exact) mass is 402 g/mol. The molecule has 0 aliphatic carbocycles. The Morgan fingerprint density at radius 1 is 1.00 bits per heavy atom. The van der Waals surface area contributed by atoms with E-state index in [0.29, 0.717) is 5.56 Å². The van der Waals surface area contributed by atoms with Crippen molar-refractivity contribution in [3.8, 4) is 5.69 Å². The summed E-state index contributed by atoms with van der Waals surface area (Å²) in [5.74, 6) is -0.323. The molecule has 1 heterocycles. The van der Waals surface area contributed by atoms with Gasteiger partial charge in [-0.3, -0.25) is 4.99 Å². The van der Waals surface area contributed by atoms with Crippen molar-refractivity contribution in [2.75, 3.05) is 7.11 Å². The number of esters is 1. The second-order valence-corrected chi connectivity index (χ2v) is 8.71. The van der Waals surface area contributed by atoms with Crippen molar-refractivity contribution in [1.82, 2.24) is 4.57 Å². The van der Waals surface area contributed by atoms with Gasteiger partial charge < -0.3 is 9.30 Å². The Morgan fingerprint density at radius 2 is 1.67 bits per heavy atom. The first-order chi connectivity index (χ1) is 14.1. The number of aliphatic imine (C=N–C) groups is 1. The van der Waals surface area contributed by atoms with E-state index in [4.69, 9.17) is 4.74 Å². The zero-order valence-electron chi connectivity index (χ0n) is 18.9. The highest BCUT2D eigenvalue weighted by Gasteiger charge is 2.14. The number of nitrogens with zero attached hydrogens (tertiary/aromatic N) is 2. The SMILES string of the molecule is COC(=O)c1ccc(-n2c(C)cc(C=Nc3ccc(C(C)(C)C)cc3)c2C)c(C)c1. The quantitative estimate of drug-likeness (QED) is 0.383. The molecule has 30 heavy (non-hydrogen) atoms. The average molecular weight is 403 g/mol. The molecule has 0 radical (unpaired) electrons. The maximum Gasteiger partial charge on any atom is 0.337 e. The van der Waals surface area contributed by atoms with Gasteiger partial charge in [0.2, 0.25) is 0 Å². The molecular weight excluding hydrogens is 372 g/mol. The molecule has 0 saturated carbocycles. The number of aromatic nitrogens is 1. The fourth-order valence-electron chi connectivity index (χ4n) is 3.63. The number of methoxy groups -OCH3 is 1. The van der Waals surface area contributed by atoms with Gasteiger partial charge in [0.05, 0.1) is 18.4 Å². The molecule has 0 bridgehead atoms. The molecule has 0 fully saturated rings. The largest absolute Gasteiger partial charge is 0.465 e. The summed E-state index contributed by atoms with van der Waals surface area (Å²) in [5.41, 5.74) is 8.28. The summed E-state index contributed by atoms with van der Waals surface area (Å²) in [6.07, 6.45) is 1.92. The summed E-state index contributed by atoms with van der Waals surface area (Å²) in [6, 6.07) is 16.2. The lowest BCUT2D eigenvalue weighted by Gasteiger charge is -2.18. The molecule has 1 aromatic heterocycles. The maximum absolute atomic E-state index is 11.8. The molecule has 4 heteroatoms. The molecule has 4 nitrogen and oxygen atoms in total. The number of carbonyl (C=O) groups excluding carboxylic acids is 1. The predicted octanol–water partition coefficient (Wildman–Crippen LogP) is 6.24. The van der Waals surface area contributed by atoms with Gasteiger partial charge >= 0.3 is 5.97 Å². The number of benzene rings is 2. The zero-order chi connectivity index (χ0) is 22.1. The summed E-state index contributed by atoms with van der Waals surface area (Å²) in [4.78, 5) is 16.5. The van der Waals surface area contributed by atoms with Crippen LogP contribution >= 0.6 is 0 Å². The van der Waals surface area contributed by atoms with E-state index in [1.54, 1.807) is 6.07 Å². The maximum atomic E-state index is 11.8. The lowest BCUT2D eigenvalue weighted by Crippen LogP contribution is -2.10. The van der Waals surface area contributed by atoms with Gasteiger partial charge in [0.25, 0.3) is 0 Å². The molecule has 156 valence electrons. The third kappa shape index (κ3) is 4.38. The zero-order valence-corrected chi connectivity index (χ0v) is 18.9. The van der Waals surface area contributed by atoms with Crippen LogP contribution in [0.1, 0.15) is 59.2 Å². The highest BCUT2D eigenvalue weighted by Crippen LogP contribution is 2.26. The van der Waals surface area contributed by atoms with Crippen molar-refractivity contribution in [3.05, 3.63) is 82.2 Å². The van der Waals surface area contributed by atoms with E-state index >= 15 is 0 Å². The molecule has 0 unspecified atom stereocenters. The van der Waals surface area contributed by atoms with Crippen LogP contribution < -0.4 is 0 Å². The van der Waals surface area contributed by atoms with E-state index in [9.17, 15) is 4.79 Å². The van der Waals surface area contributed by atoms with Crippen LogP contribution in [-0.4, -0.2) is 23.9 Å². The van der Waals surface area contributed by atoms with Crippen LogP contribution in [0.3, 0.4) is 0 Å². The molecule has 0 saturated heterocycles. The van der Waals surface area contributed by atoms with Gasteiger partial charge in [0.15, 0.2) is 0 Å². The number of aryl methyl sites for hydroxylation is 2. The van der Waals surface area contributed by atoms with Gasteiger partial charge in [-0.2, -0.15) is 0 Å². The molecule has 3 rings (SSSR count). The highest BCUT2D eigenvalue weighted by atomic mass is 16.5. The first-order valence-electron chi connectivity index (χ1n) is 10.1. The molecule has 0 atom stereocenters. The standard InChI is InChI=1S/C26H30N2O2/c1-17-14-20(25(29)30-7)8-13-24(17)28-18(2)15-21(19(28)3)16-27-23-11-9-22(10-12-23)26(4,5)6/h8-16H,1-7H3. The number of ether oxygens (including phenoxy) is 1. The summed E-state index contributed by atoms with van der Waals surface area (Å²) in [6.45, 7) is 12.8. The van der Waals surface area contributed by atoms with Crippen LogP contribution in [0, 0.1) is 20.8 Å². The molecule has 0 spiro atoms. The summed E-state index contributed by atoms with van der Waals surface area (Å²) in [5, 5.41) is 0. The van der Waals surface area contributed by atoms with Crippen molar-refractivity contribution in [2.45, 2.75) is 47.0 Å². The van der Waals surface area contributed by atoms with Crippen molar-refractivity contribution >= 4 is 17.9 Å². The fraction of sp³-hybridized carbons (Fsp3) is 0.308. The first kappa shape index (κ1) is 21.6. The summed E-state index contributed by atoms with van der Waals surface area (Å²) in [7, 11) is 1.40. The first-order valence-corrected chi connectivity index (χ1v) is 10.1. The molecule has 0 N–H and O–H groups in total. The number of rotatable bonds is 4. The van der Waals surface area contributed by atoms with E-state index in [-0.39, 0.29) is 11.4 Å². The number of hydrogen-bond donors (Lipinski definition) is 0. The lowest BCUT2D eigenvalue weighted by molar-refractivity contribution is 0.0600. The van der Waals surface area contributed by atoms with Crippen molar-refractivity contribution in [1.29, 1.82) is 0 Å². The molecule has 0 amide bonds. The van der Waals surface area contributed by atoms with Crippen LogP contribution in [0.25, 0.3) is 5.69 Å². The molecule has 0 aliphatic rings. The van der Waals surface area contributed by atoms with E-state index in [2.05, 4.69) is 74.5 Å². The Kier molecular flexibility index (Phi) is 5.97. The number of hydrogen-bond acceptors (Lipinski definition) is 3. The minimum absolute atomic E-state index is 0.133. The minimum Gasteiger partial charge on any atom is -0.465 e. The van der Waals surface area contributed by atoms with E-state index in [0.717, 1.165) is 33.9 Å². The predicted molar refractivity (Wildman–Crippen MR) is 124 cm³/mol. The Morgan fingerprint density at radius 3 is 2.23 bits per heavy atom. The second kappa shape index (κ2) is 8.31. The van der Waals surface area contributed by atoms with Gasteiger partial charge in [0, 0.05) is 28.9 Å². The van der Waals surface area contributed by atoms with Gasteiger partial charge in [0.1, 0.15) is 0 Å². The Hall–Kier alpha value is -3.14. The van der Waals surface area contributed by atoms with Crippen LogP contribution in [0.2, 0.25) is 0 Å². The summed E-state index contributed by atoms with van der Waals surface area (Å²) >= 11 is 0. The van der Waals surface area contributed by atoms with Crippen LogP contribution in [0.4, 0.5) is 5.69 Å². The van der Waals surface area contributed by atoms with Gasteiger partial charge in [-0.05, 0) is 73.7 Å². The third-order valence-electron chi connectivity index (χ3n) is 5.42. The normalized spacial score (nSPS) is 11.8. The molecule has 2 aromatic carbocycles. The van der Waals surface area contributed by atoms with Crippen molar-refractivity contribution in [3.63, 3.8) is 0 Å². The van der Waals surface area contributed by atoms with Crippen molar-refractivity contribution in [2.24, 2.45) is 4.99 Å². The number of carbonyl (C=O) groups is 1. The minimum atomic E-state index is -0.323. The smallest absolute Gasteiger partial charge is 0.337 e. The fourth-order valence-corrected chi connectivity index (χ4v) is 3.63. The summed E-state index contributed by atoms with van der Waals surface area (Å²) < 4.78 is 7.02. The Bertz CT molecular complexity index is 1100. The van der Waals surface area contributed by atoms with Crippen molar-refractivity contribution < 1.29 is 9.53 Å². The lowest BCUT2D eigenvalue weighted by atomic mass is 9.87. The van der Waals surface area contributed by atoms with E-state index in [1.165, 1.54) is 12.7 Å². The molecule has 3 aromatic rings. The average Bonchev–Trinajstić information content (AvgIpc) is 2.98. The topological polar surface area (TPSA) is 43.6 Å².